The Morgan fingerprint density at radius 2 is 1.04 bits per heavy atom. The van der Waals surface area contributed by atoms with E-state index in [1.54, 1.807) is 39.0 Å². The molecule has 1 N–H and O–H groups in total. The van der Waals surface area contributed by atoms with Gasteiger partial charge in [0.05, 0.1) is 0 Å². The van der Waals surface area contributed by atoms with Crippen molar-refractivity contribution in [2.75, 3.05) is 0 Å². The smallest absolute Gasteiger partial charge is 0.0464 e. The van der Waals surface area contributed by atoms with Crippen LogP contribution in [-0.2, 0) is 38.5 Å². The minimum Gasteiger partial charge on any atom is -0.355 e. The number of thiophene rings is 2. The Bertz CT molecular complexity index is 4650. The van der Waals surface area contributed by atoms with Gasteiger partial charge in [-0.25, -0.2) is 0 Å². The van der Waals surface area contributed by atoms with E-state index in [9.17, 15) is 0 Å². The Labute approximate surface area is 490 Å². The number of hydrogen-bond acceptors (Lipinski definition) is 2. The number of allylic oxidation sites excluding steroid dienone is 7. The largest absolute Gasteiger partial charge is 0.355 e. The summed E-state index contributed by atoms with van der Waals surface area (Å²) in [6.45, 7) is 4.89. The van der Waals surface area contributed by atoms with Gasteiger partial charge >= 0.3 is 0 Å². The fourth-order valence-electron chi connectivity index (χ4n) is 16.5. The molecule has 402 valence electrons. The number of fused-ring (bicyclic) bond motifs is 12. The number of hydrogen-bond donors (Lipinski definition) is 1. The monoisotopic (exact) mass is 1100 g/mol. The van der Waals surface area contributed by atoms with Gasteiger partial charge < -0.3 is 4.98 Å². The number of aromatic amines is 1. The van der Waals surface area contributed by atoms with Gasteiger partial charge in [-0.1, -0.05) is 98.0 Å². The van der Waals surface area contributed by atoms with E-state index in [1.165, 1.54) is 225 Å². The Hall–Kier alpha value is -7.30. The van der Waals surface area contributed by atoms with Gasteiger partial charge in [-0.2, -0.15) is 0 Å². The highest BCUT2D eigenvalue weighted by molar-refractivity contribution is 7.26. The molecule has 2 atom stereocenters. The zero-order chi connectivity index (χ0) is 54.2. The van der Waals surface area contributed by atoms with Crippen molar-refractivity contribution >= 4 is 85.6 Å². The third-order valence-corrected chi connectivity index (χ3v) is 23.0. The van der Waals surface area contributed by atoms with Crippen LogP contribution >= 0.6 is 22.7 Å². The van der Waals surface area contributed by atoms with Gasteiger partial charge in [-0.05, 0) is 300 Å². The first-order valence-electron chi connectivity index (χ1n) is 31.2. The predicted octanol–water partition coefficient (Wildman–Crippen LogP) is 22.6. The highest BCUT2D eigenvalue weighted by Crippen LogP contribution is 2.53. The molecule has 3 heteroatoms. The fraction of sp³-hybridized carbons (Fsp3) is 0.266. The number of rotatable bonds is 6. The molecular formula is C79H69NS2. The average Bonchev–Trinajstić information content (AvgIpc) is 4.13. The summed E-state index contributed by atoms with van der Waals surface area (Å²) < 4.78 is 5.59. The van der Waals surface area contributed by atoms with Gasteiger partial charge in [0, 0.05) is 68.4 Å². The lowest BCUT2D eigenvalue weighted by atomic mass is 9.76. The number of aryl methyl sites for hydroxylation is 4. The Morgan fingerprint density at radius 1 is 0.463 bits per heavy atom. The molecule has 6 aliphatic carbocycles. The number of H-pyrrole nitrogens is 1. The van der Waals surface area contributed by atoms with E-state index in [4.69, 9.17) is 0 Å². The molecule has 3 aromatic heterocycles. The van der Waals surface area contributed by atoms with Gasteiger partial charge in [0.25, 0.3) is 0 Å². The third kappa shape index (κ3) is 7.96. The second-order valence-electron chi connectivity index (χ2n) is 25.2. The van der Waals surface area contributed by atoms with E-state index < -0.39 is 0 Å². The van der Waals surface area contributed by atoms with E-state index in [0.29, 0.717) is 0 Å². The summed E-state index contributed by atoms with van der Waals surface area (Å²) in [7, 11) is 0. The molecule has 0 amide bonds. The fourth-order valence-corrected chi connectivity index (χ4v) is 18.9. The predicted molar refractivity (Wildman–Crippen MR) is 354 cm³/mol. The molecule has 3 heterocycles. The quantitative estimate of drug-likeness (QED) is 0.171. The molecule has 0 saturated heterocycles. The topological polar surface area (TPSA) is 15.8 Å². The molecule has 0 aliphatic heterocycles. The number of nitrogens with one attached hydrogen (secondary N) is 1. The van der Waals surface area contributed by atoms with Crippen LogP contribution in [0.5, 0.6) is 0 Å². The van der Waals surface area contributed by atoms with Gasteiger partial charge in [-0.15, -0.1) is 22.7 Å². The van der Waals surface area contributed by atoms with Crippen LogP contribution in [-0.4, -0.2) is 4.98 Å². The van der Waals surface area contributed by atoms with Crippen molar-refractivity contribution in [1.82, 2.24) is 4.98 Å². The molecule has 0 radical (unpaired) electrons. The summed E-state index contributed by atoms with van der Waals surface area (Å²) in [5.74, 6) is 0.435. The molecule has 8 aromatic carbocycles. The molecule has 1 nitrogen and oxygen atoms in total. The maximum absolute atomic E-state index is 4.01. The van der Waals surface area contributed by atoms with E-state index in [0.717, 1.165) is 19.3 Å². The standard InChI is InChI=1S/C79H69NS2/c1-46-38-74-72(45-65(46)69-42-55(64-31-15-23-51-20-6-11-27-60(51)64)44-71-67-40-53(33-37-76(67)82-79(69)71)62-29-13-21-49-18-4-9-25-58(49)62)77-47(2)56(34-35-73(77)80-74)68-41-54(63-30-14-22-50-19-5-10-26-59(50)63)43-70-66-39-52(32-36-75(66)81-78(68)70)61-28-12-7-17-48-16-3-8-24-57(48)61/h7,13-15,17,21-23,28-45,47,56,80H,3-6,8-12,16,18-20,24-27H2,1-2H3. The van der Waals surface area contributed by atoms with Crippen molar-refractivity contribution in [3.63, 3.8) is 0 Å². The lowest BCUT2D eigenvalue weighted by Crippen LogP contribution is -2.11. The lowest BCUT2D eigenvalue weighted by Gasteiger charge is -2.27. The normalized spacial score (nSPS) is 18.7. The summed E-state index contributed by atoms with van der Waals surface area (Å²) >= 11 is 4.01. The van der Waals surface area contributed by atoms with Crippen LogP contribution in [0, 0.1) is 6.92 Å². The minimum atomic E-state index is 0.197. The van der Waals surface area contributed by atoms with Crippen LogP contribution in [0.4, 0.5) is 0 Å². The van der Waals surface area contributed by atoms with E-state index >= 15 is 0 Å². The zero-order valence-corrected chi connectivity index (χ0v) is 49.1. The first-order chi connectivity index (χ1) is 40.5. The second-order valence-corrected chi connectivity index (χ2v) is 27.3. The summed E-state index contributed by atoms with van der Waals surface area (Å²) in [5.41, 5.74) is 33.1. The van der Waals surface area contributed by atoms with Crippen molar-refractivity contribution in [3.05, 3.63) is 224 Å². The van der Waals surface area contributed by atoms with Crippen molar-refractivity contribution in [2.24, 2.45) is 0 Å². The Balaban J connectivity index is 0.833. The van der Waals surface area contributed by atoms with Gasteiger partial charge in [0.15, 0.2) is 0 Å². The van der Waals surface area contributed by atoms with Crippen molar-refractivity contribution in [1.29, 1.82) is 0 Å². The molecule has 2 unspecified atom stereocenters. The minimum absolute atomic E-state index is 0.197. The highest BCUT2D eigenvalue weighted by Gasteiger charge is 2.32. The first kappa shape index (κ1) is 49.3. The second kappa shape index (κ2) is 19.7. The average molecular weight is 1100 g/mol. The summed E-state index contributed by atoms with van der Waals surface area (Å²) in [4.78, 5) is 4.01. The molecule has 0 bridgehead atoms. The first-order valence-corrected chi connectivity index (χ1v) is 32.9. The summed E-state index contributed by atoms with van der Waals surface area (Å²) in [5, 5.41) is 6.95. The van der Waals surface area contributed by atoms with Crippen molar-refractivity contribution in [2.45, 2.75) is 135 Å². The van der Waals surface area contributed by atoms with Crippen LogP contribution in [0.25, 0.3) is 107 Å². The molecular weight excluding hydrogens is 1030 g/mol. The number of aromatic nitrogens is 1. The molecule has 0 spiro atoms. The maximum atomic E-state index is 4.01. The van der Waals surface area contributed by atoms with Crippen LogP contribution in [0.15, 0.2) is 163 Å². The molecule has 11 aromatic rings. The molecule has 82 heavy (non-hydrogen) atoms. The molecule has 0 saturated carbocycles. The Kier molecular flexibility index (Phi) is 11.8. The van der Waals surface area contributed by atoms with E-state index in [2.05, 4.69) is 177 Å². The number of benzene rings is 8. The molecule has 17 rings (SSSR count). The van der Waals surface area contributed by atoms with Crippen molar-refractivity contribution < 1.29 is 0 Å². The maximum Gasteiger partial charge on any atom is 0.0464 e. The van der Waals surface area contributed by atoms with Crippen LogP contribution < -0.4 is 0 Å². The van der Waals surface area contributed by atoms with Crippen LogP contribution in [0.2, 0.25) is 0 Å². The highest BCUT2D eigenvalue weighted by atomic mass is 32.1. The SMILES string of the molecule is Cc1cc2[nH]c3c(c2cc1-c1cc(-c2cccc4c2CCCC4)cc2c1sc1ccc(-c4cccc5c4CCCC5)cc12)C(C)C(c1cc(-c2cccc4c2CCCC4)cc2c1sc1ccc(C4=CCC=CC5=C4CCCC5)cc12)C=C3. The van der Waals surface area contributed by atoms with Gasteiger partial charge in [0.1, 0.15) is 0 Å². The molecule has 0 fully saturated rings. The third-order valence-electron chi connectivity index (χ3n) is 20.5. The zero-order valence-electron chi connectivity index (χ0n) is 47.5. The van der Waals surface area contributed by atoms with Crippen molar-refractivity contribution in [3.8, 4) is 44.5 Å². The van der Waals surface area contributed by atoms with E-state index in [1.807, 2.05) is 22.7 Å². The van der Waals surface area contributed by atoms with Crippen LogP contribution in [0.3, 0.4) is 0 Å². The summed E-state index contributed by atoms with van der Waals surface area (Å²) in [6, 6.07) is 51.7. The van der Waals surface area contributed by atoms with Gasteiger partial charge in [-0.3, -0.25) is 0 Å². The van der Waals surface area contributed by atoms with Crippen LogP contribution in [0.1, 0.15) is 151 Å². The van der Waals surface area contributed by atoms with E-state index in [-0.39, 0.29) is 11.8 Å². The lowest BCUT2D eigenvalue weighted by molar-refractivity contribution is 0.678. The molecule has 6 aliphatic rings. The Morgan fingerprint density at radius 3 is 1.73 bits per heavy atom. The van der Waals surface area contributed by atoms with Gasteiger partial charge in [0.2, 0.25) is 0 Å². The summed E-state index contributed by atoms with van der Waals surface area (Å²) in [6.07, 6.45) is 33.0.